The summed E-state index contributed by atoms with van der Waals surface area (Å²) in [6.07, 6.45) is 5.29. The highest BCUT2D eigenvalue weighted by atomic mass is 79.9. The third-order valence-electron chi connectivity index (χ3n) is 3.03. The molecule has 1 saturated carbocycles. The lowest BCUT2D eigenvalue weighted by atomic mass is 10.2. The van der Waals surface area contributed by atoms with Crippen LogP contribution in [0.4, 0.5) is 0 Å². The molecule has 15 heavy (non-hydrogen) atoms. The molecule has 1 saturated heterocycles. The number of ether oxygens (including phenoxy) is 1. The lowest BCUT2D eigenvalue weighted by Gasteiger charge is -2.03. The highest BCUT2D eigenvalue weighted by Gasteiger charge is 2.31. The normalized spacial score (nSPS) is 26.1. The van der Waals surface area contributed by atoms with E-state index in [9.17, 15) is 0 Å². The van der Waals surface area contributed by atoms with Crippen molar-refractivity contribution in [1.82, 2.24) is 4.98 Å². The Kier molecular flexibility index (Phi) is 2.83. The fraction of sp³-hybridized carbons (Fsp3) is 0.727. The molecule has 0 spiro atoms. The molecule has 2 aliphatic rings. The second-order valence-electron chi connectivity index (χ2n) is 4.27. The molecule has 1 aromatic rings. The zero-order chi connectivity index (χ0) is 10.3. The van der Waals surface area contributed by atoms with Gasteiger partial charge in [-0.2, -0.15) is 0 Å². The van der Waals surface area contributed by atoms with Gasteiger partial charge in [-0.15, -0.1) is 11.3 Å². The minimum absolute atomic E-state index is 0.292. The summed E-state index contributed by atoms with van der Waals surface area (Å²) < 4.78 is 5.68. The van der Waals surface area contributed by atoms with Crippen LogP contribution in [-0.4, -0.2) is 11.6 Å². The fourth-order valence-corrected chi connectivity index (χ4v) is 3.78. The number of hydrogen-bond donors (Lipinski definition) is 0. The quantitative estimate of drug-likeness (QED) is 0.790. The Bertz CT molecular complexity index is 355. The first-order valence-corrected chi connectivity index (χ1v) is 7.49. The highest BCUT2D eigenvalue weighted by Crippen LogP contribution is 2.45. The van der Waals surface area contributed by atoms with Crippen LogP contribution >= 0.6 is 27.3 Å². The number of hydrogen-bond acceptors (Lipinski definition) is 3. The second kappa shape index (κ2) is 4.15. The van der Waals surface area contributed by atoms with Crippen molar-refractivity contribution in [1.29, 1.82) is 0 Å². The Balaban J connectivity index is 1.88. The van der Waals surface area contributed by atoms with Crippen molar-refractivity contribution in [2.45, 2.75) is 43.0 Å². The number of alkyl halides is 1. The van der Waals surface area contributed by atoms with E-state index in [0.717, 1.165) is 24.3 Å². The van der Waals surface area contributed by atoms with Gasteiger partial charge in [0.15, 0.2) is 0 Å². The predicted octanol–water partition coefficient (Wildman–Crippen LogP) is 3.77. The van der Waals surface area contributed by atoms with Crippen molar-refractivity contribution < 1.29 is 4.74 Å². The molecule has 2 fully saturated rings. The predicted molar refractivity (Wildman–Crippen MR) is 64.6 cm³/mol. The van der Waals surface area contributed by atoms with E-state index >= 15 is 0 Å². The molecule has 1 unspecified atom stereocenters. The number of nitrogens with zero attached hydrogens (tertiary/aromatic N) is 1. The van der Waals surface area contributed by atoms with E-state index in [4.69, 9.17) is 9.72 Å². The minimum Gasteiger partial charge on any atom is -0.371 e. The molecule has 0 aromatic carbocycles. The molecule has 2 heterocycles. The largest absolute Gasteiger partial charge is 0.371 e. The van der Waals surface area contributed by atoms with E-state index in [1.165, 1.54) is 34.8 Å². The van der Waals surface area contributed by atoms with Crippen molar-refractivity contribution >= 4 is 27.3 Å². The first-order chi connectivity index (χ1) is 7.38. The topological polar surface area (TPSA) is 22.1 Å². The van der Waals surface area contributed by atoms with Crippen LogP contribution in [0.15, 0.2) is 0 Å². The average Bonchev–Trinajstić information content (AvgIpc) is 2.83. The smallest absolute Gasteiger partial charge is 0.122 e. The van der Waals surface area contributed by atoms with Crippen molar-refractivity contribution in [2.75, 3.05) is 6.61 Å². The lowest BCUT2D eigenvalue weighted by molar-refractivity contribution is 0.111. The van der Waals surface area contributed by atoms with Crippen molar-refractivity contribution in [3.05, 3.63) is 15.6 Å². The Hall–Kier alpha value is 0.0700. The van der Waals surface area contributed by atoms with Crippen molar-refractivity contribution in [3.63, 3.8) is 0 Å². The van der Waals surface area contributed by atoms with Gasteiger partial charge < -0.3 is 4.74 Å². The molecule has 0 N–H and O–H groups in total. The molecule has 4 heteroatoms. The summed E-state index contributed by atoms with van der Waals surface area (Å²) in [4.78, 5) is 6.21. The standard InChI is InChI=1S/C11H14BrNOS/c12-6-9-10(7-3-4-7)13-11(15-9)8-2-1-5-14-8/h7-8H,1-6H2. The molecular formula is C11H14BrNOS. The van der Waals surface area contributed by atoms with Crippen LogP contribution < -0.4 is 0 Å². The molecule has 1 aliphatic heterocycles. The number of halogens is 1. The molecule has 3 rings (SSSR count). The van der Waals surface area contributed by atoms with Crippen LogP contribution in [0, 0.1) is 0 Å². The number of rotatable bonds is 3. The second-order valence-corrected chi connectivity index (χ2v) is 5.95. The van der Waals surface area contributed by atoms with Gasteiger partial charge in [-0.05, 0) is 25.7 Å². The van der Waals surface area contributed by atoms with Gasteiger partial charge in [0, 0.05) is 22.7 Å². The summed E-state index contributed by atoms with van der Waals surface area (Å²) in [5, 5.41) is 2.16. The molecule has 0 amide bonds. The Morgan fingerprint density at radius 1 is 1.40 bits per heavy atom. The van der Waals surface area contributed by atoms with Gasteiger partial charge in [-0.3, -0.25) is 0 Å². The minimum atomic E-state index is 0.292. The van der Waals surface area contributed by atoms with Crippen molar-refractivity contribution in [2.24, 2.45) is 0 Å². The van der Waals surface area contributed by atoms with Gasteiger partial charge in [0.25, 0.3) is 0 Å². The SMILES string of the molecule is BrCc1sc(C2CCCO2)nc1C1CC1. The third kappa shape index (κ3) is 1.99. The lowest BCUT2D eigenvalue weighted by Crippen LogP contribution is -1.95. The maximum atomic E-state index is 5.68. The van der Waals surface area contributed by atoms with E-state index in [1.54, 1.807) is 0 Å². The molecule has 2 nitrogen and oxygen atoms in total. The van der Waals surface area contributed by atoms with Gasteiger partial charge >= 0.3 is 0 Å². The van der Waals surface area contributed by atoms with Gasteiger partial charge in [-0.25, -0.2) is 4.98 Å². The number of thiazole rings is 1. The molecule has 0 bridgehead atoms. The van der Waals surface area contributed by atoms with E-state index in [1.807, 2.05) is 11.3 Å². The maximum absolute atomic E-state index is 5.68. The number of aromatic nitrogens is 1. The fourth-order valence-electron chi connectivity index (χ4n) is 2.06. The van der Waals surface area contributed by atoms with Gasteiger partial charge in [0.2, 0.25) is 0 Å². The summed E-state index contributed by atoms with van der Waals surface area (Å²) in [7, 11) is 0. The van der Waals surface area contributed by atoms with E-state index < -0.39 is 0 Å². The molecule has 1 aliphatic carbocycles. The summed E-state index contributed by atoms with van der Waals surface area (Å²) >= 11 is 5.40. The van der Waals surface area contributed by atoms with Gasteiger partial charge in [0.05, 0.1) is 5.69 Å². The zero-order valence-electron chi connectivity index (χ0n) is 8.54. The summed E-state index contributed by atoms with van der Waals surface area (Å²) in [5.74, 6) is 0.754. The maximum Gasteiger partial charge on any atom is 0.122 e. The van der Waals surface area contributed by atoms with Crippen LogP contribution in [-0.2, 0) is 10.1 Å². The molecule has 1 atom stereocenters. The molecule has 82 valence electrons. The van der Waals surface area contributed by atoms with Crippen LogP contribution in [0.2, 0.25) is 0 Å². The van der Waals surface area contributed by atoms with Crippen molar-refractivity contribution in [3.8, 4) is 0 Å². The Labute approximate surface area is 102 Å². The summed E-state index contributed by atoms with van der Waals surface area (Å²) in [5.41, 5.74) is 1.35. The van der Waals surface area contributed by atoms with Gasteiger partial charge in [-0.1, -0.05) is 15.9 Å². The van der Waals surface area contributed by atoms with Crippen LogP contribution in [0.25, 0.3) is 0 Å². The zero-order valence-corrected chi connectivity index (χ0v) is 10.9. The molecule has 0 radical (unpaired) electrons. The molecular weight excluding hydrogens is 274 g/mol. The van der Waals surface area contributed by atoms with Crippen LogP contribution in [0.3, 0.4) is 0 Å². The van der Waals surface area contributed by atoms with E-state index in [-0.39, 0.29) is 0 Å². The van der Waals surface area contributed by atoms with Crippen LogP contribution in [0.5, 0.6) is 0 Å². The Morgan fingerprint density at radius 3 is 2.87 bits per heavy atom. The monoisotopic (exact) mass is 287 g/mol. The first kappa shape index (κ1) is 10.2. The average molecular weight is 288 g/mol. The summed E-state index contributed by atoms with van der Waals surface area (Å²) in [6, 6.07) is 0. The molecule has 1 aromatic heterocycles. The highest BCUT2D eigenvalue weighted by molar-refractivity contribution is 9.08. The van der Waals surface area contributed by atoms with E-state index in [2.05, 4.69) is 15.9 Å². The van der Waals surface area contributed by atoms with Crippen LogP contribution in [0.1, 0.15) is 53.3 Å². The Morgan fingerprint density at radius 2 is 2.27 bits per heavy atom. The third-order valence-corrected chi connectivity index (χ3v) is 5.13. The van der Waals surface area contributed by atoms with Gasteiger partial charge in [0.1, 0.15) is 11.1 Å². The van der Waals surface area contributed by atoms with E-state index in [0.29, 0.717) is 6.10 Å². The first-order valence-electron chi connectivity index (χ1n) is 5.55. The summed E-state index contributed by atoms with van der Waals surface area (Å²) in [6.45, 7) is 0.909.